The Morgan fingerprint density at radius 2 is 2.50 bits per heavy atom. The van der Waals surface area contributed by atoms with Crippen LogP contribution in [0.25, 0.3) is 0 Å². The molecule has 2 N–H and O–H groups in total. The maximum Gasteiger partial charge on any atom is 0.0744 e. The van der Waals surface area contributed by atoms with Crippen molar-refractivity contribution in [2.24, 2.45) is 0 Å². The lowest BCUT2D eigenvalue weighted by Gasteiger charge is -2.07. The van der Waals surface area contributed by atoms with Crippen LogP contribution in [0.3, 0.4) is 0 Å². The van der Waals surface area contributed by atoms with E-state index < -0.39 is 0 Å². The maximum atomic E-state index is 8.80. The van der Waals surface area contributed by atoms with Crippen LogP contribution in [0.4, 0.5) is 0 Å². The normalized spacial score (nSPS) is 45.9. The molecule has 0 spiro atoms. The van der Waals surface area contributed by atoms with Gasteiger partial charge in [0.25, 0.3) is 0 Å². The molecule has 2 fully saturated rings. The smallest absolute Gasteiger partial charge is 0.0744 e. The molecule has 3 nitrogen and oxygen atoms in total. The van der Waals surface area contributed by atoms with Crippen molar-refractivity contribution in [3.05, 3.63) is 0 Å². The molecular weight excluding hydrogens is 130 g/mol. The molecule has 2 saturated heterocycles. The molecule has 3 heteroatoms. The molecule has 0 unspecified atom stereocenters. The lowest BCUT2D eigenvalue weighted by molar-refractivity contribution is 0.106. The Morgan fingerprint density at radius 1 is 1.60 bits per heavy atom. The Bertz CT molecular complexity index is 117. The number of hydrogen-bond acceptors (Lipinski definition) is 3. The lowest BCUT2D eigenvalue weighted by Crippen LogP contribution is -2.32. The third kappa shape index (κ3) is 0.944. The van der Waals surface area contributed by atoms with Crippen LogP contribution in [0.2, 0.25) is 0 Å². The van der Waals surface area contributed by atoms with Gasteiger partial charge in [0.05, 0.1) is 12.7 Å². The van der Waals surface area contributed by atoms with Gasteiger partial charge >= 0.3 is 0 Å². The quantitative estimate of drug-likeness (QED) is 0.520. The van der Waals surface area contributed by atoms with Crippen molar-refractivity contribution < 1.29 is 9.84 Å². The van der Waals surface area contributed by atoms with Gasteiger partial charge in [-0.1, -0.05) is 0 Å². The molecule has 2 heterocycles. The van der Waals surface area contributed by atoms with Crippen molar-refractivity contribution in [3.63, 3.8) is 0 Å². The standard InChI is InChI=1S/C7H13NO2/c9-4-5-3-7-6(8-5)1-2-10-7/h5-9H,1-4H2/t5-,6-,7-/m1/s1. The topological polar surface area (TPSA) is 41.5 Å². The van der Waals surface area contributed by atoms with Crippen molar-refractivity contribution in [2.75, 3.05) is 13.2 Å². The van der Waals surface area contributed by atoms with E-state index in [1.165, 1.54) is 0 Å². The minimum absolute atomic E-state index is 0.246. The highest BCUT2D eigenvalue weighted by molar-refractivity contribution is 4.94. The van der Waals surface area contributed by atoms with E-state index in [1.807, 2.05) is 0 Å². The first-order chi connectivity index (χ1) is 4.90. The lowest BCUT2D eigenvalue weighted by atomic mass is 10.1. The third-order valence-electron chi connectivity index (χ3n) is 2.40. The Hall–Kier alpha value is -0.120. The first kappa shape index (κ1) is 6.58. The van der Waals surface area contributed by atoms with Crippen LogP contribution in [0, 0.1) is 0 Å². The second-order valence-electron chi connectivity index (χ2n) is 3.09. The van der Waals surface area contributed by atoms with Crippen LogP contribution >= 0.6 is 0 Å². The van der Waals surface area contributed by atoms with Crippen LogP contribution < -0.4 is 5.32 Å². The molecule has 0 bridgehead atoms. The SMILES string of the molecule is OC[C@H]1C[C@H]2OCC[C@H]2N1. The van der Waals surface area contributed by atoms with Crippen LogP contribution in [0.15, 0.2) is 0 Å². The Kier molecular flexibility index (Phi) is 1.64. The number of nitrogens with one attached hydrogen (secondary N) is 1. The molecule has 10 heavy (non-hydrogen) atoms. The molecule has 0 saturated carbocycles. The summed E-state index contributed by atoms with van der Waals surface area (Å²) in [4.78, 5) is 0. The van der Waals surface area contributed by atoms with Crippen molar-refractivity contribution in [3.8, 4) is 0 Å². The molecule has 0 aromatic carbocycles. The number of aliphatic hydroxyl groups excluding tert-OH is 1. The number of aliphatic hydroxyl groups is 1. The predicted octanol–water partition coefficient (Wildman–Crippen LogP) is -0.502. The number of fused-ring (bicyclic) bond motifs is 1. The van der Waals surface area contributed by atoms with E-state index in [2.05, 4.69) is 5.32 Å². The highest BCUT2D eigenvalue weighted by Crippen LogP contribution is 2.24. The van der Waals surface area contributed by atoms with E-state index in [4.69, 9.17) is 9.84 Å². The summed E-state index contributed by atoms with van der Waals surface area (Å²) in [6.45, 7) is 1.14. The van der Waals surface area contributed by atoms with Gasteiger partial charge in [-0.15, -0.1) is 0 Å². The summed E-state index contributed by atoms with van der Waals surface area (Å²) < 4.78 is 5.44. The average Bonchev–Trinajstić information content (AvgIpc) is 2.42. The van der Waals surface area contributed by atoms with E-state index >= 15 is 0 Å². The fraction of sp³-hybridized carbons (Fsp3) is 1.00. The number of ether oxygens (including phenoxy) is 1. The first-order valence-electron chi connectivity index (χ1n) is 3.88. The molecule has 2 rings (SSSR count). The number of hydrogen-bond donors (Lipinski definition) is 2. The highest BCUT2D eigenvalue weighted by Gasteiger charge is 2.37. The van der Waals surface area contributed by atoms with E-state index in [0.29, 0.717) is 12.1 Å². The summed E-state index contributed by atoms with van der Waals surface area (Å²) in [5.74, 6) is 0. The van der Waals surface area contributed by atoms with Gasteiger partial charge < -0.3 is 15.2 Å². The number of rotatable bonds is 1. The summed E-state index contributed by atoms with van der Waals surface area (Å²) >= 11 is 0. The fourth-order valence-corrected chi connectivity index (χ4v) is 1.85. The van der Waals surface area contributed by atoms with Gasteiger partial charge in [-0.3, -0.25) is 0 Å². The molecule has 2 aliphatic rings. The maximum absolute atomic E-state index is 8.80. The predicted molar refractivity (Wildman–Crippen MR) is 36.8 cm³/mol. The fourth-order valence-electron chi connectivity index (χ4n) is 1.85. The van der Waals surface area contributed by atoms with Crippen LogP contribution in [-0.2, 0) is 4.74 Å². The van der Waals surface area contributed by atoms with E-state index in [9.17, 15) is 0 Å². The average molecular weight is 143 g/mol. The molecule has 0 aliphatic carbocycles. The molecule has 0 radical (unpaired) electrons. The van der Waals surface area contributed by atoms with Crippen LogP contribution in [0.1, 0.15) is 12.8 Å². The highest BCUT2D eigenvalue weighted by atomic mass is 16.5. The van der Waals surface area contributed by atoms with Gasteiger partial charge in [-0.25, -0.2) is 0 Å². The van der Waals surface area contributed by atoms with E-state index in [0.717, 1.165) is 19.4 Å². The van der Waals surface area contributed by atoms with Gasteiger partial charge in [0.2, 0.25) is 0 Å². The molecule has 0 aromatic heterocycles. The van der Waals surface area contributed by atoms with Crippen molar-refractivity contribution in [2.45, 2.75) is 31.0 Å². The minimum Gasteiger partial charge on any atom is -0.395 e. The summed E-state index contributed by atoms with van der Waals surface area (Å²) in [6, 6.07) is 0.812. The summed E-state index contributed by atoms with van der Waals surface area (Å²) in [5.41, 5.74) is 0. The summed E-state index contributed by atoms with van der Waals surface area (Å²) in [6.07, 6.45) is 2.49. The molecule has 2 aliphatic heterocycles. The Balaban J connectivity index is 1.94. The monoisotopic (exact) mass is 143 g/mol. The van der Waals surface area contributed by atoms with Crippen LogP contribution in [-0.4, -0.2) is 36.5 Å². The second kappa shape index (κ2) is 2.49. The molecule has 58 valence electrons. The largest absolute Gasteiger partial charge is 0.395 e. The van der Waals surface area contributed by atoms with Gasteiger partial charge in [-0.2, -0.15) is 0 Å². The first-order valence-corrected chi connectivity index (χ1v) is 3.88. The van der Waals surface area contributed by atoms with Crippen molar-refractivity contribution >= 4 is 0 Å². The zero-order chi connectivity index (χ0) is 6.97. The summed E-state index contributed by atoms with van der Waals surface area (Å²) in [7, 11) is 0. The van der Waals surface area contributed by atoms with E-state index in [-0.39, 0.29) is 12.6 Å². The van der Waals surface area contributed by atoms with Crippen molar-refractivity contribution in [1.29, 1.82) is 0 Å². The van der Waals surface area contributed by atoms with Gasteiger partial charge in [0.1, 0.15) is 0 Å². The Labute approximate surface area is 60.4 Å². The van der Waals surface area contributed by atoms with Gasteiger partial charge in [0.15, 0.2) is 0 Å². The third-order valence-corrected chi connectivity index (χ3v) is 2.40. The minimum atomic E-state index is 0.246. The zero-order valence-corrected chi connectivity index (χ0v) is 5.92. The molecule has 0 aromatic rings. The van der Waals surface area contributed by atoms with Crippen LogP contribution in [0.5, 0.6) is 0 Å². The molecule has 3 atom stereocenters. The van der Waals surface area contributed by atoms with Gasteiger partial charge in [-0.05, 0) is 12.8 Å². The second-order valence-corrected chi connectivity index (χ2v) is 3.09. The van der Waals surface area contributed by atoms with E-state index in [1.54, 1.807) is 0 Å². The van der Waals surface area contributed by atoms with Gasteiger partial charge in [0, 0.05) is 18.7 Å². The zero-order valence-electron chi connectivity index (χ0n) is 5.92. The summed E-state index contributed by atoms with van der Waals surface area (Å²) in [5, 5.41) is 12.1. The molecular formula is C7H13NO2. The molecule has 0 amide bonds. The van der Waals surface area contributed by atoms with Crippen molar-refractivity contribution in [1.82, 2.24) is 5.32 Å². The Morgan fingerprint density at radius 3 is 3.20 bits per heavy atom.